The molecule has 1 aromatic heterocycles. The molecule has 0 radical (unpaired) electrons. The van der Waals surface area contributed by atoms with Gasteiger partial charge in [-0.2, -0.15) is 0 Å². The van der Waals surface area contributed by atoms with Gasteiger partial charge in [0.05, 0.1) is 12.3 Å². The third-order valence-corrected chi connectivity index (χ3v) is 5.86. The van der Waals surface area contributed by atoms with E-state index >= 15 is 0 Å². The van der Waals surface area contributed by atoms with Gasteiger partial charge in [-0.3, -0.25) is 19.5 Å². The van der Waals surface area contributed by atoms with Gasteiger partial charge in [-0.15, -0.1) is 0 Å². The lowest BCUT2D eigenvalue weighted by atomic mass is 10.0. The van der Waals surface area contributed by atoms with Gasteiger partial charge in [0, 0.05) is 24.0 Å². The van der Waals surface area contributed by atoms with Crippen LogP contribution in [-0.4, -0.2) is 28.4 Å². The number of hydrogen-bond donors (Lipinski definition) is 1. The highest BCUT2D eigenvalue weighted by molar-refractivity contribution is 6.30. The molecule has 0 bridgehead atoms. The molecule has 1 N–H and O–H groups in total. The fourth-order valence-electron chi connectivity index (χ4n) is 3.94. The molecule has 2 heterocycles. The molecule has 0 unspecified atom stereocenters. The summed E-state index contributed by atoms with van der Waals surface area (Å²) in [6.45, 7) is 12.0. The van der Waals surface area contributed by atoms with Gasteiger partial charge in [-0.25, -0.2) is 18.9 Å². The van der Waals surface area contributed by atoms with Crippen molar-refractivity contribution in [1.82, 2.24) is 10.3 Å². The van der Waals surface area contributed by atoms with Crippen LogP contribution in [0.5, 0.6) is 0 Å². The molecule has 0 aliphatic carbocycles. The summed E-state index contributed by atoms with van der Waals surface area (Å²) in [4.78, 5) is 48.4. The fraction of sp³-hybridized carbons (Fsp3) is 0.192. The number of amides is 4. The average molecular weight is 471 g/mol. The zero-order chi connectivity index (χ0) is 25.3. The second-order valence-corrected chi connectivity index (χ2v) is 8.57. The first-order valence-corrected chi connectivity index (χ1v) is 10.8. The number of aromatic nitrogens is 1. The quantitative estimate of drug-likeness (QED) is 0.429. The number of urea groups is 1. The Bertz CT molecular complexity index is 1380. The number of hydrogen-bond acceptors (Lipinski definition) is 4. The molecule has 1 aliphatic heterocycles. The van der Waals surface area contributed by atoms with Gasteiger partial charge in [0.15, 0.2) is 5.69 Å². The second-order valence-electron chi connectivity index (χ2n) is 8.57. The van der Waals surface area contributed by atoms with Crippen molar-refractivity contribution in [3.05, 3.63) is 94.8 Å². The molecule has 3 aromatic rings. The maximum atomic E-state index is 15.0. The molecule has 1 fully saturated rings. The first-order chi connectivity index (χ1) is 16.6. The highest BCUT2D eigenvalue weighted by Crippen LogP contribution is 2.37. The maximum absolute atomic E-state index is 15.0. The summed E-state index contributed by atoms with van der Waals surface area (Å²) in [5, 5.41) is 2.61. The van der Waals surface area contributed by atoms with Crippen molar-refractivity contribution in [3.63, 3.8) is 0 Å². The molecule has 0 atom stereocenters. The van der Waals surface area contributed by atoms with Gasteiger partial charge in [0.2, 0.25) is 0 Å². The van der Waals surface area contributed by atoms with Crippen LogP contribution in [0.3, 0.4) is 0 Å². The number of rotatable bonds is 5. The van der Waals surface area contributed by atoms with E-state index in [0.717, 1.165) is 4.90 Å². The number of carbonyl (C=O) groups excluding carboxylic acids is 3. The summed E-state index contributed by atoms with van der Waals surface area (Å²) in [5.41, 5.74) is 0.778. The maximum Gasteiger partial charge on any atom is 0.336 e. The van der Waals surface area contributed by atoms with Crippen LogP contribution in [-0.2, 0) is 11.3 Å². The lowest BCUT2D eigenvalue weighted by Gasteiger charge is -2.28. The molecular weight excluding hydrogens is 449 g/mol. The molecule has 1 saturated heterocycles. The Balaban J connectivity index is 1.58. The topological polar surface area (TPSA) is 87.0 Å². The van der Waals surface area contributed by atoms with E-state index in [4.69, 9.17) is 6.57 Å². The van der Waals surface area contributed by atoms with Crippen LogP contribution in [0, 0.1) is 19.3 Å². The first-order valence-electron chi connectivity index (χ1n) is 10.8. The Morgan fingerprint density at radius 3 is 2.49 bits per heavy atom. The zero-order valence-electron chi connectivity index (χ0n) is 19.4. The molecule has 4 rings (SSSR count). The Morgan fingerprint density at radius 1 is 1.11 bits per heavy atom. The number of carbonyl (C=O) groups is 3. The van der Waals surface area contributed by atoms with Gasteiger partial charge in [-0.1, -0.05) is 18.2 Å². The van der Waals surface area contributed by atoms with Crippen LogP contribution < -0.4 is 15.1 Å². The summed E-state index contributed by atoms with van der Waals surface area (Å²) in [7, 11) is 0. The Kier molecular flexibility index (Phi) is 6.05. The minimum atomic E-state index is -1.27. The number of nitrogens with one attached hydrogen (secondary N) is 1. The monoisotopic (exact) mass is 471 g/mol. The van der Waals surface area contributed by atoms with E-state index in [9.17, 15) is 18.8 Å². The third-order valence-electron chi connectivity index (χ3n) is 5.86. The summed E-state index contributed by atoms with van der Waals surface area (Å²) >= 11 is 0. The molecule has 0 spiro atoms. The van der Waals surface area contributed by atoms with Crippen molar-refractivity contribution in [3.8, 4) is 0 Å². The summed E-state index contributed by atoms with van der Waals surface area (Å²) < 4.78 is 15.0. The van der Waals surface area contributed by atoms with E-state index in [-0.39, 0.29) is 23.5 Å². The van der Waals surface area contributed by atoms with E-state index in [0.29, 0.717) is 16.9 Å². The van der Waals surface area contributed by atoms with Crippen molar-refractivity contribution in [2.24, 2.45) is 0 Å². The number of anilines is 2. The summed E-state index contributed by atoms with van der Waals surface area (Å²) in [6.07, 6.45) is 1.49. The van der Waals surface area contributed by atoms with Crippen LogP contribution >= 0.6 is 0 Å². The molecule has 4 amide bonds. The number of halogens is 1. The minimum Gasteiger partial charge on any atom is -0.347 e. The highest BCUT2D eigenvalue weighted by atomic mass is 19.1. The van der Waals surface area contributed by atoms with Gasteiger partial charge >= 0.3 is 6.03 Å². The Hall–Kier alpha value is -4.58. The molecule has 2 aromatic carbocycles. The standard InChI is InChI=1S/C26H22FN5O3/c1-16-13-18(10-11-21(16)28-4)31-24(34)26(2,3)32(25(31)35)19-9-8-17(20(27)14-19)15-30-23(33)22-7-5-6-12-29-22/h5-14H,15H2,1-3H3,(H,30,33). The van der Waals surface area contributed by atoms with Gasteiger partial charge in [0.25, 0.3) is 11.8 Å². The van der Waals surface area contributed by atoms with Gasteiger partial charge in [-0.05, 0) is 62.7 Å². The SMILES string of the molecule is [C-]#[N+]c1ccc(N2C(=O)N(c3ccc(CNC(=O)c4ccccn4)c(F)c3)C(C)(C)C2=O)cc1C. The Labute approximate surface area is 201 Å². The van der Waals surface area contributed by atoms with Gasteiger partial charge in [0.1, 0.15) is 17.1 Å². The molecule has 1 aliphatic rings. The Morgan fingerprint density at radius 2 is 1.86 bits per heavy atom. The predicted molar refractivity (Wildman–Crippen MR) is 129 cm³/mol. The van der Waals surface area contributed by atoms with Crippen molar-refractivity contribution >= 4 is 34.9 Å². The average Bonchev–Trinajstić information content (AvgIpc) is 3.01. The third kappa shape index (κ3) is 4.22. The minimum absolute atomic E-state index is 0.0728. The molecule has 8 nitrogen and oxygen atoms in total. The molecular formula is C26H22FN5O3. The zero-order valence-corrected chi connectivity index (χ0v) is 19.4. The van der Waals surface area contributed by atoms with Crippen LogP contribution in [0.2, 0.25) is 0 Å². The van der Waals surface area contributed by atoms with Crippen molar-refractivity contribution < 1.29 is 18.8 Å². The van der Waals surface area contributed by atoms with Crippen molar-refractivity contribution in [2.75, 3.05) is 9.80 Å². The van der Waals surface area contributed by atoms with Crippen LogP contribution in [0.1, 0.15) is 35.5 Å². The number of aryl methyl sites for hydroxylation is 1. The highest BCUT2D eigenvalue weighted by Gasteiger charge is 2.52. The molecule has 9 heteroatoms. The smallest absolute Gasteiger partial charge is 0.336 e. The molecule has 176 valence electrons. The van der Waals surface area contributed by atoms with E-state index in [1.54, 1.807) is 57.2 Å². The predicted octanol–water partition coefficient (Wildman–Crippen LogP) is 4.76. The van der Waals surface area contributed by atoms with E-state index < -0.39 is 29.2 Å². The summed E-state index contributed by atoms with van der Waals surface area (Å²) in [5.74, 6) is -1.54. The van der Waals surface area contributed by atoms with E-state index in [2.05, 4.69) is 15.1 Å². The largest absolute Gasteiger partial charge is 0.347 e. The lowest BCUT2D eigenvalue weighted by Crippen LogP contribution is -2.44. The normalized spacial score (nSPS) is 14.7. The lowest BCUT2D eigenvalue weighted by molar-refractivity contribution is -0.120. The van der Waals surface area contributed by atoms with E-state index in [1.165, 1.54) is 29.3 Å². The van der Waals surface area contributed by atoms with Crippen molar-refractivity contribution in [1.29, 1.82) is 0 Å². The number of nitrogens with zero attached hydrogens (tertiary/aromatic N) is 4. The van der Waals surface area contributed by atoms with Crippen LogP contribution in [0.25, 0.3) is 4.85 Å². The molecule has 35 heavy (non-hydrogen) atoms. The fourth-order valence-corrected chi connectivity index (χ4v) is 3.94. The molecule has 0 saturated carbocycles. The van der Waals surface area contributed by atoms with Gasteiger partial charge < -0.3 is 5.32 Å². The number of pyridine rings is 1. The summed E-state index contributed by atoms with van der Waals surface area (Å²) in [6, 6.07) is 13.2. The first kappa shape index (κ1) is 23.6. The van der Waals surface area contributed by atoms with Crippen molar-refractivity contribution in [2.45, 2.75) is 32.9 Å². The van der Waals surface area contributed by atoms with Crippen LogP contribution in [0.15, 0.2) is 60.8 Å². The van der Waals surface area contributed by atoms with E-state index in [1.807, 2.05) is 0 Å². The number of benzene rings is 2. The number of imide groups is 1. The second kappa shape index (κ2) is 8.99. The van der Waals surface area contributed by atoms with Crippen LogP contribution in [0.4, 0.5) is 26.2 Å².